The Labute approximate surface area is 182 Å². The van der Waals surface area contributed by atoms with Gasteiger partial charge in [0.05, 0.1) is 11.4 Å². The SMILES string of the molecule is O=C(NCCC(=O)N1CCN(c2ncccn2)CC1)Nc1ccccc1N1CCCC1. The summed E-state index contributed by atoms with van der Waals surface area (Å²) in [6.45, 7) is 5.00. The standard InChI is InChI=1S/C22H29N7O2/c30-20(28-14-16-29(17-15-28)21-23-9-5-10-24-21)8-11-25-22(31)26-18-6-1-2-7-19(18)27-12-3-4-13-27/h1-2,5-7,9-10H,3-4,8,11-17H2,(H2,25,26,31). The molecule has 2 aliphatic rings. The molecular formula is C22H29N7O2. The Bertz CT molecular complexity index is 878. The van der Waals surface area contributed by atoms with Crippen molar-refractivity contribution in [1.82, 2.24) is 20.2 Å². The Kier molecular flexibility index (Phi) is 6.81. The van der Waals surface area contributed by atoms with Crippen molar-refractivity contribution in [2.24, 2.45) is 0 Å². The zero-order chi connectivity index (χ0) is 21.5. The fourth-order valence-electron chi connectivity index (χ4n) is 4.03. The zero-order valence-corrected chi connectivity index (χ0v) is 17.7. The van der Waals surface area contributed by atoms with Gasteiger partial charge in [-0.3, -0.25) is 4.79 Å². The van der Waals surface area contributed by atoms with Gasteiger partial charge in [0.2, 0.25) is 11.9 Å². The molecule has 3 amide bonds. The normalized spacial score (nSPS) is 16.3. The van der Waals surface area contributed by atoms with Crippen molar-refractivity contribution in [3.8, 4) is 0 Å². The molecule has 4 rings (SSSR count). The van der Waals surface area contributed by atoms with Gasteiger partial charge < -0.3 is 25.3 Å². The third-order valence-electron chi connectivity index (χ3n) is 5.69. The number of nitrogens with one attached hydrogen (secondary N) is 2. The van der Waals surface area contributed by atoms with Gasteiger partial charge in [0.15, 0.2) is 0 Å². The smallest absolute Gasteiger partial charge is 0.319 e. The summed E-state index contributed by atoms with van der Waals surface area (Å²) in [6, 6.07) is 9.35. The first-order valence-corrected chi connectivity index (χ1v) is 10.9. The van der Waals surface area contributed by atoms with Crippen molar-refractivity contribution in [3.05, 3.63) is 42.7 Å². The number of amides is 3. The van der Waals surface area contributed by atoms with E-state index in [9.17, 15) is 9.59 Å². The van der Waals surface area contributed by atoms with E-state index >= 15 is 0 Å². The lowest BCUT2D eigenvalue weighted by Crippen LogP contribution is -2.49. The summed E-state index contributed by atoms with van der Waals surface area (Å²) in [6.07, 6.45) is 6.08. The Morgan fingerprint density at radius 3 is 2.32 bits per heavy atom. The van der Waals surface area contributed by atoms with Crippen LogP contribution in [0.25, 0.3) is 0 Å². The topological polar surface area (TPSA) is 93.7 Å². The van der Waals surface area contributed by atoms with Crippen LogP contribution in [0, 0.1) is 0 Å². The molecule has 2 saturated heterocycles. The minimum absolute atomic E-state index is 0.0476. The van der Waals surface area contributed by atoms with Crippen LogP contribution in [0.15, 0.2) is 42.7 Å². The van der Waals surface area contributed by atoms with Gasteiger partial charge in [0, 0.05) is 64.6 Å². The summed E-state index contributed by atoms with van der Waals surface area (Å²) in [7, 11) is 0. The third-order valence-corrected chi connectivity index (χ3v) is 5.69. The molecule has 0 saturated carbocycles. The Morgan fingerprint density at radius 2 is 1.58 bits per heavy atom. The molecule has 0 spiro atoms. The molecule has 1 aromatic heterocycles. The number of hydrogen-bond acceptors (Lipinski definition) is 6. The molecule has 3 heterocycles. The van der Waals surface area contributed by atoms with E-state index in [1.165, 1.54) is 12.8 Å². The van der Waals surface area contributed by atoms with Crippen LogP contribution >= 0.6 is 0 Å². The highest BCUT2D eigenvalue weighted by Gasteiger charge is 2.22. The van der Waals surface area contributed by atoms with E-state index in [4.69, 9.17) is 0 Å². The van der Waals surface area contributed by atoms with Crippen molar-refractivity contribution >= 4 is 29.3 Å². The number of rotatable bonds is 6. The highest BCUT2D eigenvalue weighted by Crippen LogP contribution is 2.28. The first-order chi connectivity index (χ1) is 15.2. The second kappa shape index (κ2) is 10.1. The molecule has 31 heavy (non-hydrogen) atoms. The zero-order valence-electron chi connectivity index (χ0n) is 17.7. The largest absolute Gasteiger partial charge is 0.370 e. The Hall–Kier alpha value is -3.36. The molecular weight excluding hydrogens is 394 g/mol. The summed E-state index contributed by atoms with van der Waals surface area (Å²) in [5.74, 6) is 0.744. The predicted molar refractivity (Wildman–Crippen MR) is 120 cm³/mol. The van der Waals surface area contributed by atoms with Gasteiger partial charge in [0.1, 0.15) is 0 Å². The maximum Gasteiger partial charge on any atom is 0.319 e. The second-order valence-electron chi connectivity index (χ2n) is 7.76. The van der Waals surface area contributed by atoms with Gasteiger partial charge in [-0.15, -0.1) is 0 Å². The van der Waals surface area contributed by atoms with Crippen molar-refractivity contribution in [2.45, 2.75) is 19.3 Å². The van der Waals surface area contributed by atoms with E-state index in [-0.39, 0.29) is 18.4 Å². The predicted octanol–water partition coefficient (Wildman–Crippen LogP) is 1.94. The number of carbonyl (C=O) groups is 2. The highest BCUT2D eigenvalue weighted by molar-refractivity contribution is 5.93. The van der Waals surface area contributed by atoms with Crippen LogP contribution in [0.1, 0.15) is 19.3 Å². The molecule has 0 atom stereocenters. The molecule has 164 valence electrons. The molecule has 0 bridgehead atoms. The van der Waals surface area contributed by atoms with Crippen LogP contribution in [-0.4, -0.2) is 72.6 Å². The van der Waals surface area contributed by atoms with Crippen LogP contribution in [0.2, 0.25) is 0 Å². The molecule has 9 heteroatoms. The molecule has 1 aromatic carbocycles. The number of nitrogens with zero attached hydrogens (tertiary/aromatic N) is 5. The summed E-state index contributed by atoms with van der Waals surface area (Å²) >= 11 is 0. The van der Waals surface area contributed by atoms with E-state index in [1.807, 2.05) is 29.2 Å². The first-order valence-electron chi connectivity index (χ1n) is 10.9. The van der Waals surface area contributed by atoms with Gasteiger partial charge in [0.25, 0.3) is 0 Å². The average Bonchev–Trinajstić information content (AvgIpc) is 3.35. The van der Waals surface area contributed by atoms with Crippen LogP contribution in [0.5, 0.6) is 0 Å². The molecule has 0 radical (unpaired) electrons. The summed E-state index contributed by atoms with van der Waals surface area (Å²) < 4.78 is 0. The third kappa shape index (κ3) is 5.42. The Balaban J connectivity index is 1.19. The lowest BCUT2D eigenvalue weighted by Gasteiger charge is -2.34. The van der Waals surface area contributed by atoms with Crippen LogP contribution < -0.4 is 20.4 Å². The fraction of sp³-hybridized carbons (Fsp3) is 0.455. The number of urea groups is 1. The second-order valence-corrected chi connectivity index (χ2v) is 7.76. The van der Waals surface area contributed by atoms with E-state index in [2.05, 4.69) is 30.4 Å². The van der Waals surface area contributed by atoms with Gasteiger partial charge >= 0.3 is 6.03 Å². The molecule has 2 aromatic rings. The van der Waals surface area contributed by atoms with Gasteiger partial charge in [-0.25, -0.2) is 14.8 Å². The van der Waals surface area contributed by atoms with Crippen molar-refractivity contribution in [3.63, 3.8) is 0 Å². The number of piperazine rings is 1. The quantitative estimate of drug-likeness (QED) is 0.738. The number of hydrogen-bond donors (Lipinski definition) is 2. The maximum atomic E-state index is 12.5. The molecule has 2 fully saturated rings. The van der Waals surface area contributed by atoms with Crippen molar-refractivity contribution < 1.29 is 9.59 Å². The van der Waals surface area contributed by atoms with Crippen LogP contribution in [0.4, 0.5) is 22.1 Å². The molecule has 9 nitrogen and oxygen atoms in total. The molecule has 0 aliphatic carbocycles. The minimum Gasteiger partial charge on any atom is -0.370 e. The monoisotopic (exact) mass is 423 g/mol. The van der Waals surface area contributed by atoms with E-state index in [1.54, 1.807) is 18.5 Å². The van der Waals surface area contributed by atoms with Crippen molar-refractivity contribution in [2.75, 3.05) is 60.9 Å². The number of para-hydroxylation sites is 2. The van der Waals surface area contributed by atoms with Crippen LogP contribution in [0.3, 0.4) is 0 Å². The number of benzene rings is 1. The van der Waals surface area contributed by atoms with E-state index in [0.717, 1.165) is 24.5 Å². The van der Waals surface area contributed by atoms with Gasteiger partial charge in [-0.2, -0.15) is 0 Å². The maximum absolute atomic E-state index is 12.5. The number of aromatic nitrogens is 2. The average molecular weight is 424 g/mol. The van der Waals surface area contributed by atoms with Gasteiger partial charge in [-0.1, -0.05) is 12.1 Å². The summed E-state index contributed by atoms with van der Waals surface area (Å²) in [4.78, 5) is 39.6. The van der Waals surface area contributed by atoms with E-state index in [0.29, 0.717) is 38.7 Å². The lowest BCUT2D eigenvalue weighted by atomic mass is 10.2. The fourth-order valence-corrected chi connectivity index (χ4v) is 4.03. The number of carbonyl (C=O) groups excluding carboxylic acids is 2. The molecule has 2 aliphatic heterocycles. The highest BCUT2D eigenvalue weighted by atomic mass is 16.2. The van der Waals surface area contributed by atoms with E-state index < -0.39 is 0 Å². The summed E-state index contributed by atoms with van der Waals surface area (Å²) in [5, 5.41) is 5.73. The lowest BCUT2D eigenvalue weighted by molar-refractivity contribution is -0.131. The minimum atomic E-state index is -0.287. The van der Waals surface area contributed by atoms with Crippen molar-refractivity contribution in [1.29, 1.82) is 0 Å². The molecule has 0 unspecified atom stereocenters. The Morgan fingerprint density at radius 1 is 0.871 bits per heavy atom. The van der Waals surface area contributed by atoms with Crippen LogP contribution in [-0.2, 0) is 4.79 Å². The first kappa shape index (κ1) is 20.9. The summed E-state index contributed by atoms with van der Waals surface area (Å²) in [5.41, 5.74) is 1.85. The van der Waals surface area contributed by atoms with Gasteiger partial charge in [-0.05, 0) is 31.0 Å². The molecule has 2 N–H and O–H groups in total. The number of anilines is 3.